The fourth-order valence-electron chi connectivity index (χ4n) is 2.12. The standard InChI is InChI=1S/C17H15N3O3S/c1-22-11-6-7-12(15(9-11)23-2)14-10-24-17(19-14)20-16(21)13-5-3-4-8-18-13/h3-10H,1-2H3,(H,19,20,21). The predicted octanol–water partition coefficient (Wildman–Crippen LogP) is 3.47. The summed E-state index contributed by atoms with van der Waals surface area (Å²) in [6.07, 6.45) is 1.57. The first-order valence-corrected chi connectivity index (χ1v) is 7.99. The van der Waals surface area contributed by atoms with Crippen LogP contribution in [0.4, 0.5) is 5.13 Å². The van der Waals surface area contributed by atoms with Gasteiger partial charge in [0.15, 0.2) is 5.13 Å². The van der Waals surface area contributed by atoms with E-state index in [-0.39, 0.29) is 5.91 Å². The van der Waals surface area contributed by atoms with E-state index in [0.29, 0.717) is 22.3 Å². The number of methoxy groups -OCH3 is 2. The van der Waals surface area contributed by atoms with E-state index in [9.17, 15) is 4.79 Å². The summed E-state index contributed by atoms with van der Waals surface area (Å²) >= 11 is 1.34. The van der Waals surface area contributed by atoms with Crippen molar-refractivity contribution in [2.45, 2.75) is 0 Å². The van der Waals surface area contributed by atoms with Gasteiger partial charge in [-0.3, -0.25) is 15.1 Å². The van der Waals surface area contributed by atoms with Crippen LogP contribution in [0.25, 0.3) is 11.3 Å². The fourth-order valence-corrected chi connectivity index (χ4v) is 2.83. The van der Waals surface area contributed by atoms with Crippen molar-refractivity contribution in [1.82, 2.24) is 9.97 Å². The Labute approximate surface area is 143 Å². The third-order valence-electron chi connectivity index (χ3n) is 3.31. The minimum absolute atomic E-state index is 0.293. The lowest BCUT2D eigenvalue weighted by molar-refractivity contribution is 0.102. The highest BCUT2D eigenvalue weighted by Gasteiger charge is 2.13. The molecule has 1 aromatic carbocycles. The number of benzene rings is 1. The Kier molecular flexibility index (Phi) is 4.72. The molecule has 0 aliphatic rings. The largest absolute Gasteiger partial charge is 0.497 e. The summed E-state index contributed by atoms with van der Waals surface area (Å²) < 4.78 is 10.6. The minimum Gasteiger partial charge on any atom is -0.497 e. The van der Waals surface area contributed by atoms with Crippen molar-refractivity contribution in [2.24, 2.45) is 0 Å². The van der Waals surface area contributed by atoms with Gasteiger partial charge in [-0.1, -0.05) is 6.07 Å². The summed E-state index contributed by atoms with van der Waals surface area (Å²) in [5.41, 5.74) is 1.89. The highest BCUT2D eigenvalue weighted by Crippen LogP contribution is 2.34. The van der Waals surface area contributed by atoms with E-state index in [1.807, 2.05) is 17.5 Å². The lowest BCUT2D eigenvalue weighted by Crippen LogP contribution is -2.13. The number of pyridine rings is 1. The maximum atomic E-state index is 12.1. The monoisotopic (exact) mass is 341 g/mol. The number of carbonyl (C=O) groups excluding carboxylic acids is 1. The number of carbonyl (C=O) groups is 1. The topological polar surface area (TPSA) is 73.3 Å². The van der Waals surface area contributed by atoms with Gasteiger partial charge < -0.3 is 9.47 Å². The summed E-state index contributed by atoms with van der Waals surface area (Å²) in [4.78, 5) is 20.6. The van der Waals surface area contributed by atoms with Crippen LogP contribution in [0.3, 0.4) is 0 Å². The Morgan fingerprint density at radius 1 is 1.17 bits per heavy atom. The van der Waals surface area contributed by atoms with E-state index in [1.165, 1.54) is 11.3 Å². The first-order chi connectivity index (χ1) is 11.7. The average molecular weight is 341 g/mol. The Hall–Kier alpha value is -2.93. The van der Waals surface area contributed by atoms with E-state index in [2.05, 4.69) is 15.3 Å². The molecule has 0 bridgehead atoms. The predicted molar refractivity (Wildman–Crippen MR) is 92.8 cm³/mol. The minimum atomic E-state index is -0.293. The molecule has 6 nitrogen and oxygen atoms in total. The molecule has 2 heterocycles. The zero-order valence-corrected chi connectivity index (χ0v) is 14.0. The highest BCUT2D eigenvalue weighted by molar-refractivity contribution is 7.14. The molecule has 0 aliphatic carbocycles. The molecule has 0 radical (unpaired) electrons. The Morgan fingerprint density at radius 3 is 2.75 bits per heavy atom. The third kappa shape index (κ3) is 3.36. The summed E-state index contributed by atoms with van der Waals surface area (Å²) in [6, 6.07) is 10.7. The molecule has 3 aromatic rings. The number of anilines is 1. The number of aromatic nitrogens is 2. The van der Waals surface area contributed by atoms with E-state index < -0.39 is 0 Å². The molecule has 24 heavy (non-hydrogen) atoms. The van der Waals surface area contributed by atoms with E-state index >= 15 is 0 Å². The van der Waals surface area contributed by atoms with Crippen molar-refractivity contribution in [3.8, 4) is 22.8 Å². The number of ether oxygens (including phenoxy) is 2. The molecule has 0 saturated carbocycles. The fraction of sp³-hybridized carbons (Fsp3) is 0.118. The zero-order chi connectivity index (χ0) is 16.9. The molecule has 7 heteroatoms. The van der Waals surface area contributed by atoms with Gasteiger partial charge in [-0.25, -0.2) is 4.98 Å². The zero-order valence-electron chi connectivity index (χ0n) is 13.1. The van der Waals surface area contributed by atoms with E-state index in [1.54, 1.807) is 44.7 Å². The second-order valence-electron chi connectivity index (χ2n) is 4.77. The lowest BCUT2D eigenvalue weighted by atomic mass is 10.1. The number of nitrogens with one attached hydrogen (secondary N) is 1. The van der Waals surface area contributed by atoms with Crippen molar-refractivity contribution in [3.63, 3.8) is 0 Å². The molecule has 1 amide bonds. The van der Waals surface area contributed by atoms with Crippen LogP contribution in [0.15, 0.2) is 48.0 Å². The normalized spacial score (nSPS) is 10.2. The van der Waals surface area contributed by atoms with Gasteiger partial charge in [0.25, 0.3) is 5.91 Å². The molecular weight excluding hydrogens is 326 g/mol. The van der Waals surface area contributed by atoms with Gasteiger partial charge >= 0.3 is 0 Å². The SMILES string of the molecule is COc1ccc(-c2csc(NC(=O)c3ccccn3)n2)c(OC)c1. The molecule has 0 spiro atoms. The summed E-state index contributed by atoms with van der Waals surface area (Å²) in [7, 11) is 3.19. The molecule has 0 atom stereocenters. The van der Waals surface area contributed by atoms with Crippen LogP contribution >= 0.6 is 11.3 Å². The number of hydrogen-bond acceptors (Lipinski definition) is 6. The van der Waals surface area contributed by atoms with Gasteiger partial charge in [0.05, 0.1) is 19.9 Å². The van der Waals surface area contributed by atoms with Crippen LogP contribution in [-0.2, 0) is 0 Å². The van der Waals surface area contributed by atoms with Crippen LogP contribution in [0.5, 0.6) is 11.5 Å². The third-order valence-corrected chi connectivity index (χ3v) is 4.06. The van der Waals surface area contributed by atoms with Crippen molar-refractivity contribution in [2.75, 3.05) is 19.5 Å². The number of nitrogens with zero attached hydrogens (tertiary/aromatic N) is 2. The van der Waals surface area contributed by atoms with Crippen LogP contribution in [0, 0.1) is 0 Å². The molecule has 0 saturated heterocycles. The van der Waals surface area contributed by atoms with Gasteiger partial charge in [-0.05, 0) is 24.3 Å². The molecule has 1 N–H and O–H groups in total. The molecule has 122 valence electrons. The van der Waals surface area contributed by atoms with Crippen molar-refractivity contribution < 1.29 is 14.3 Å². The Bertz CT molecular complexity index is 849. The molecule has 0 unspecified atom stereocenters. The number of hydrogen-bond donors (Lipinski definition) is 1. The number of amides is 1. The average Bonchev–Trinajstić information content (AvgIpc) is 3.10. The van der Waals surface area contributed by atoms with E-state index in [4.69, 9.17) is 9.47 Å². The van der Waals surface area contributed by atoms with Crippen LogP contribution in [-0.4, -0.2) is 30.1 Å². The molecular formula is C17H15N3O3S. The quantitative estimate of drug-likeness (QED) is 0.769. The maximum Gasteiger partial charge on any atom is 0.276 e. The second kappa shape index (κ2) is 7.10. The van der Waals surface area contributed by atoms with Gasteiger partial charge in [0.2, 0.25) is 0 Å². The van der Waals surface area contributed by atoms with Gasteiger partial charge in [0, 0.05) is 23.2 Å². The molecule has 0 aliphatic heterocycles. The lowest BCUT2D eigenvalue weighted by Gasteiger charge is -2.08. The first-order valence-electron chi connectivity index (χ1n) is 7.11. The van der Waals surface area contributed by atoms with Crippen molar-refractivity contribution in [1.29, 1.82) is 0 Å². The number of thiazole rings is 1. The van der Waals surface area contributed by atoms with Gasteiger partial charge in [-0.2, -0.15) is 0 Å². The smallest absolute Gasteiger partial charge is 0.276 e. The summed E-state index contributed by atoms with van der Waals surface area (Å²) in [5, 5.41) is 5.11. The van der Waals surface area contributed by atoms with Crippen LogP contribution in [0.2, 0.25) is 0 Å². The van der Waals surface area contributed by atoms with Gasteiger partial charge in [-0.15, -0.1) is 11.3 Å². The van der Waals surface area contributed by atoms with Crippen molar-refractivity contribution in [3.05, 3.63) is 53.7 Å². The molecule has 0 fully saturated rings. The van der Waals surface area contributed by atoms with Crippen LogP contribution in [0.1, 0.15) is 10.5 Å². The molecule has 3 rings (SSSR count). The van der Waals surface area contributed by atoms with Crippen LogP contribution < -0.4 is 14.8 Å². The second-order valence-corrected chi connectivity index (χ2v) is 5.63. The Morgan fingerprint density at radius 2 is 2.04 bits per heavy atom. The first kappa shape index (κ1) is 15.9. The van der Waals surface area contributed by atoms with E-state index in [0.717, 1.165) is 11.3 Å². The summed E-state index contributed by atoms with van der Waals surface area (Å²) in [6.45, 7) is 0. The van der Waals surface area contributed by atoms with Crippen molar-refractivity contribution >= 4 is 22.4 Å². The Balaban J connectivity index is 1.82. The van der Waals surface area contributed by atoms with Gasteiger partial charge in [0.1, 0.15) is 17.2 Å². The maximum absolute atomic E-state index is 12.1. The molecule has 2 aromatic heterocycles. The number of rotatable bonds is 5. The highest BCUT2D eigenvalue weighted by atomic mass is 32.1. The summed E-state index contributed by atoms with van der Waals surface area (Å²) in [5.74, 6) is 1.06.